The van der Waals surface area contributed by atoms with E-state index in [1.807, 2.05) is 42.1 Å². The van der Waals surface area contributed by atoms with Crippen LogP contribution in [0.1, 0.15) is 23.6 Å². The summed E-state index contributed by atoms with van der Waals surface area (Å²) in [5, 5.41) is 13.2. The quantitative estimate of drug-likeness (QED) is 0.735. The van der Waals surface area contributed by atoms with Crippen LogP contribution >= 0.6 is 39.3 Å². The average molecular weight is 380 g/mol. The second kappa shape index (κ2) is 6.31. The predicted molar refractivity (Wildman–Crippen MR) is 92.0 cm³/mol. The second-order valence-corrected chi connectivity index (χ2v) is 7.25. The Kier molecular flexibility index (Phi) is 4.44. The number of nitrogens with one attached hydrogen (secondary N) is 1. The fraction of sp³-hybridized carbons (Fsp3) is 0.188. The summed E-state index contributed by atoms with van der Waals surface area (Å²) in [6.45, 7) is 0. The number of thioether (sulfide) groups is 1. The van der Waals surface area contributed by atoms with Crippen molar-refractivity contribution in [2.24, 2.45) is 0 Å². The van der Waals surface area contributed by atoms with Crippen LogP contribution in [0, 0.1) is 11.3 Å². The summed E-state index contributed by atoms with van der Waals surface area (Å²) in [5.74, 6) is 1.08. The molecule has 3 rings (SSSR count). The number of hydrogen-bond acceptors (Lipinski definition) is 3. The summed E-state index contributed by atoms with van der Waals surface area (Å²) in [6, 6.07) is 14.0. The highest BCUT2D eigenvalue weighted by molar-refractivity contribution is 9.10. The smallest absolute Gasteiger partial charge is 0.0992 e. The van der Waals surface area contributed by atoms with E-state index in [1.165, 1.54) is 10.5 Å². The third-order valence-corrected chi connectivity index (χ3v) is 5.45. The highest BCUT2D eigenvalue weighted by Gasteiger charge is 2.21. The molecule has 1 N–H and O–H groups in total. The van der Waals surface area contributed by atoms with E-state index in [2.05, 4.69) is 33.4 Å². The third-order valence-electron chi connectivity index (χ3n) is 3.44. The first-order valence-corrected chi connectivity index (χ1v) is 8.71. The van der Waals surface area contributed by atoms with E-state index in [9.17, 15) is 0 Å². The fourth-order valence-corrected chi connectivity index (χ4v) is 4.18. The summed E-state index contributed by atoms with van der Waals surface area (Å²) in [5.41, 5.74) is 2.89. The van der Waals surface area contributed by atoms with Crippen molar-refractivity contribution in [1.82, 2.24) is 0 Å². The number of anilines is 1. The van der Waals surface area contributed by atoms with Crippen molar-refractivity contribution in [3.63, 3.8) is 0 Å². The van der Waals surface area contributed by atoms with Crippen LogP contribution in [0.15, 0.2) is 45.8 Å². The molecule has 1 aliphatic rings. The maximum absolute atomic E-state index is 8.93. The summed E-state index contributed by atoms with van der Waals surface area (Å²) in [6.07, 6.45) is 1.05. The van der Waals surface area contributed by atoms with Gasteiger partial charge >= 0.3 is 0 Å². The zero-order chi connectivity index (χ0) is 14.8. The second-order valence-electron chi connectivity index (χ2n) is 4.82. The standard InChI is InChI=1S/C16H12BrClN2S/c17-13-7-10(9-19)1-3-15(13)20-14-5-6-21-16-4-2-11(18)8-12(14)16/h1-4,7-8,14,20H,5-6H2. The highest BCUT2D eigenvalue weighted by Crippen LogP contribution is 2.40. The molecule has 1 unspecified atom stereocenters. The van der Waals surface area contributed by atoms with Gasteiger partial charge in [0.1, 0.15) is 0 Å². The molecule has 0 radical (unpaired) electrons. The van der Waals surface area contributed by atoms with Crippen LogP contribution in [0.25, 0.3) is 0 Å². The van der Waals surface area contributed by atoms with Gasteiger partial charge in [-0.1, -0.05) is 11.6 Å². The van der Waals surface area contributed by atoms with Gasteiger partial charge in [0, 0.05) is 25.8 Å². The normalized spacial score (nSPS) is 16.9. The minimum atomic E-state index is 0.240. The van der Waals surface area contributed by atoms with Gasteiger partial charge in [-0.2, -0.15) is 5.26 Å². The molecule has 0 aliphatic carbocycles. The molecule has 2 aromatic carbocycles. The minimum Gasteiger partial charge on any atom is -0.377 e. The molecule has 0 fully saturated rings. The molecule has 106 valence electrons. The molecule has 2 aromatic rings. The van der Waals surface area contributed by atoms with Crippen molar-refractivity contribution in [2.75, 3.05) is 11.1 Å². The molecule has 0 saturated carbocycles. The monoisotopic (exact) mass is 378 g/mol. The molecule has 0 spiro atoms. The lowest BCUT2D eigenvalue weighted by molar-refractivity contribution is 0.728. The number of benzene rings is 2. The van der Waals surface area contributed by atoms with Crippen molar-refractivity contribution in [1.29, 1.82) is 5.26 Å². The van der Waals surface area contributed by atoms with E-state index >= 15 is 0 Å². The number of halogens is 2. The Morgan fingerprint density at radius 1 is 1.29 bits per heavy atom. The number of fused-ring (bicyclic) bond motifs is 1. The molecule has 21 heavy (non-hydrogen) atoms. The highest BCUT2D eigenvalue weighted by atomic mass is 79.9. The largest absolute Gasteiger partial charge is 0.377 e. The molecule has 0 amide bonds. The summed E-state index contributed by atoms with van der Waals surface area (Å²) in [7, 11) is 0. The Morgan fingerprint density at radius 3 is 2.90 bits per heavy atom. The first-order valence-electron chi connectivity index (χ1n) is 6.56. The van der Waals surface area contributed by atoms with Crippen molar-refractivity contribution < 1.29 is 0 Å². The van der Waals surface area contributed by atoms with Crippen molar-refractivity contribution in [2.45, 2.75) is 17.4 Å². The molecule has 5 heteroatoms. The van der Waals surface area contributed by atoms with Crippen molar-refractivity contribution in [3.8, 4) is 6.07 Å². The SMILES string of the molecule is N#Cc1ccc(NC2CCSc3ccc(Cl)cc32)c(Br)c1. The number of hydrogen-bond donors (Lipinski definition) is 1. The number of nitrogens with zero attached hydrogens (tertiary/aromatic N) is 1. The van der Waals surface area contributed by atoms with Gasteiger partial charge in [0.25, 0.3) is 0 Å². The molecule has 1 heterocycles. The maximum Gasteiger partial charge on any atom is 0.0992 e. The van der Waals surface area contributed by atoms with Gasteiger partial charge in [-0.05, 0) is 64.3 Å². The van der Waals surface area contributed by atoms with Crippen LogP contribution in [0.4, 0.5) is 5.69 Å². The summed E-state index contributed by atoms with van der Waals surface area (Å²) in [4.78, 5) is 1.29. The van der Waals surface area contributed by atoms with Crippen LogP contribution in [0.2, 0.25) is 5.02 Å². The summed E-state index contributed by atoms with van der Waals surface area (Å²) >= 11 is 11.5. The van der Waals surface area contributed by atoms with Gasteiger partial charge in [-0.15, -0.1) is 11.8 Å². The van der Waals surface area contributed by atoms with Crippen LogP contribution in [-0.2, 0) is 0 Å². The zero-order valence-corrected chi connectivity index (χ0v) is 14.2. The van der Waals surface area contributed by atoms with Crippen LogP contribution in [0.3, 0.4) is 0 Å². The van der Waals surface area contributed by atoms with Crippen LogP contribution in [0.5, 0.6) is 0 Å². The Bertz CT molecular complexity index is 727. The molecule has 0 bridgehead atoms. The average Bonchev–Trinajstić information content (AvgIpc) is 2.49. The Hall–Kier alpha value is -1.15. The Morgan fingerprint density at radius 2 is 2.14 bits per heavy atom. The molecule has 0 aromatic heterocycles. The molecule has 0 saturated heterocycles. The summed E-state index contributed by atoms with van der Waals surface area (Å²) < 4.78 is 0.906. The first kappa shape index (κ1) is 14.8. The topological polar surface area (TPSA) is 35.8 Å². The number of nitriles is 1. The van der Waals surface area contributed by atoms with Gasteiger partial charge in [0.05, 0.1) is 17.7 Å². The van der Waals surface area contributed by atoms with Gasteiger partial charge in [-0.3, -0.25) is 0 Å². The lowest BCUT2D eigenvalue weighted by Crippen LogP contribution is -2.16. The van der Waals surface area contributed by atoms with E-state index in [0.717, 1.165) is 27.4 Å². The predicted octanol–water partition coefficient (Wildman–Crippen LogP) is 5.62. The molecular weight excluding hydrogens is 368 g/mol. The van der Waals surface area contributed by atoms with Gasteiger partial charge in [0.15, 0.2) is 0 Å². The fourth-order valence-electron chi connectivity index (χ4n) is 2.40. The van der Waals surface area contributed by atoms with Crippen molar-refractivity contribution >= 4 is 45.0 Å². The van der Waals surface area contributed by atoms with Crippen LogP contribution < -0.4 is 5.32 Å². The molecular formula is C16H12BrClN2S. The molecule has 1 atom stereocenters. The maximum atomic E-state index is 8.93. The zero-order valence-electron chi connectivity index (χ0n) is 11.1. The number of rotatable bonds is 2. The van der Waals surface area contributed by atoms with Crippen LogP contribution in [-0.4, -0.2) is 5.75 Å². The third kappa shape index (κ3) is 3.21. The Labute approximate surface area is 141 Å². The van der Waals surface area contributed by atoms with E-state index in [-0.39, 0.29) is 6.04 Å². The van der Waals surface area contributed by atoms with Gasteiger partial charge < -0.3 is 5.32 Å². The van der Waals surface area contributed by atoms with E-state index in [1.54, 1.807) is 0 Å². The molecule has 1 aliphatic heterocycles. The van der Waals surface area contributed by atoms with E-state index in [4.69, 9.17) is 16.9 Å². The first-order chi connectivity index (χ1) is 10.2. The lowest BCUT2D eigenvalue weighted by Gasteiger charge is -2.27. The molecule has 2 nitrogen and oxygen atoms in total. The minimum absolute atomic E-state index is 0.240. The van der Waals surface area contributed by atoms with Crippen molar-refractivity contribution in [3.05, 3.63) is 57.0 Å². The Balaban J connectivity index is 1.90. The van der Waals surface area contributed by atoms with E-state index in [0.29, 0.717) is 5.56 Å². The van der Waals surface area contributed by atoms with Gasteiger partial charge in [-0.25, -0.2) is 0 Å². The van der Waals surface area contributed by atoms with Gasteiger partial charge in [0.2, 0.25) is 0 Å². The lowest BCUT2D eigenvalue weighted by atomic mass is 10.0. The van der Waals surface area contributed by atoms with E-state index < -0.39 is 0 Å².